The summed E-state index contributed by atoms with van der Waals surface area (Å²) in [6.07, 6.45) is 0. The number of nitrogens with zero attached hydrogens (tertiary/aromatic N) is 2. The van der Waals surface area contributed by atoms with Gasteiger partial charge in [-0.2, -0.15) is 0 Å². The van der Waals surface area contributed by atoms with Crippen molar-refractivity contribution >= 4 is 0 Å². The van der Waals surface area contributed by atoms with Crippen LogP contribution < -0.4 is 21.3 Å². The van der Waals surface area contributed by atoms with Crippen molar-refractivity contribution in [3.8, 4) is 0 Å². The maximum atomic E-state index is 3.50. The highest BCUT2D eigenvalue weighted by molar-refractivity contribution is 4.67. The summed E-state index contributed by atoms with van der Waals surface area (Å²) in [6.45, 7) is 10.0. The molecular formula is C12H30N6. The van der Waals surface area contributed by atoms with Crippen LogP contribution in [0.15, 0.2) is 0 Å². The van der Waals surface area contributed by atoms with Crippen molar-refractivity contribution in [3.05, 3.63) is 0 Å². The monoisotopic (exact) mass is 258 g/mol. The smallest absolute Gasteiger partial charge is 0.0491 e. The van der Waals surface area contributed by atoms with Crippen LogP contribution in [0.4, 0.5) is 0 Å². The van der Waals surface area contributed by atoms with Crippen molar-refractivity contribution in [3.63, 3.8) is 0 Å². The predicted octanol–water partition coefficient (Wildman–Crippen LogP) is -1.17. The number of hydrogen-bond acceptors (Lipinski definition) is 6. The second-order valence-electron chi connectivity index (χ2n) is 5.46. The second-order valence-corrected chi connectivity index (χ2v) is 5.46. The minimum Gasteiger partial charge on any atom is -0.303 e. The molecule has 4 N–H and O–H groups in total. The molecule has 0 saturated carbocycles. The Morgan fingerprint density at radius 1 is 0.722 bits per heavy atom. The summed E-state index contributed by atoms with van der Waals surface area (Å²) in [5.41, 5.74) is 0. The van der Waals surface area contributed by atoms with Gasteiger partial charge in [0, 0.05) is 51.8 Å². The van der Waals surface area contributed by atoms with E-state index in [1.807, 2.05) is 0 Å². The summed E-state index contributed by atoms with van der Waals surface area (Å²) < 4.78 is 0. The lowest BCUT2D eigenvalue weighted by molar-refractivity contribution is 0.233. The molecule has 1 aliphatic heterocycles. The van der Waals surface area contributed by atoms with Gasteiger partial charge in [0.2, 0.25) is 0 Å². The Balaban J connectivity index is 2.36. The topological polar surface area (TPSA) is 54.6 Å². The van der Waals surface area contributed by atoms with Crippen LogP contribution in [0.3, 0.4) is 0 Å². The van der Waals surface area contributed by atoms with Gasteiger partial charge in [-0.15, -0.1) is 0 Å². The zero-order chi connectivity index (χ0) is 13.4. The Bertz CT molecular complexity index is 171. The van der Waals surface area contributed by atoms with Crippen molar-refractivity contribution < 1.29 is 0 Å². The first kappa shape index (κ1) is 15.8. The zero-order valence-electron chi connectivity index (χ0n) is 12.3. The molecule has 0 aromatic rings. The van der Waals surface area contributed by atoms with Crippen LogP contribution in [-0.4, -0.2) is 75.7 Å². The molecule has 0 amide bonds. The molecule has 0 aliphatic carbocycles. The average Bonchev–Trinajstić information content (AvgIpc) is 2.33. The Hall–Kier alpha value is -0.240. The van der Waals surface area contributed by atoms with E-state index in [-0.39, 0.29) is 0 Å². The van der Waals surface area contributed by atoms with E-state index in [9.17, 15) is 0 Å². The van der Waals surface area contributed by atoms with Gasteiger partial charge in [-0.05, 0) is 27.9 Å². The summed E-state index contributed by atoms with van der Waals surface area (Å²) in [5.74, 6) is 0. The first-order valence-electron chi connectivity index (χ1n) is 6.83. The van der Waals surface area contributed by atoms with E-state index in [1.54, 1.807) is 0 Å². The average molecular weight is 258 g/mol. The highest BCUT2D eigenvalue weighted by Gasteiger charge is 2.07. The van der Waals surface area contributed by atoms with E-state index in [0.29, 0.717) is 12.1 Å². The van der Waals surface area contributed by atoms with Gasteiger partial charge in [-0.3, -0.25) is 9.80 Å². The van der Waals surface area contributed by atoms with Crippen LogP contribution >= 0.6 is 0 Å². The standard InChI is InChI=1S/C12H30N6/c1-11-5-13-7-18(4)10-16-12(2)6-14-8-17(3)9-15-11/h11-16H,5-10H2,1-4H3/t11-,12+. The number of rotatable bonds is 0. The normalized spacial score (nSPS) is 32.0. The lowest BCUT2D eigenvalue weighted by Gasteiger charge is -2.26. The van der Waals surface area contributed by atoms with E-state index in [1.165, 1.54) is 0 Å². The first-order valence-corrected chi connectivity index (χ1v) is 6.83. The molecule has 0 aromatic carbocycles. The third-order valence-corrected chi connectivity index (χ3v) is 3.08. The third kappa shape index (κ3) is 7.25. The quantitative estimate of drug-likeness (QED) is 0.439. The minimum atomic E-state index is 0.482. The Morgan fingerprint density at radius 2 is 1.11 bits per heavy atom. The van der Waals surface area contributed by atoms with Crippen LogP contribution in [0.25, 0.3) is 0 Å². The van der Waals surface area contributed by atoms with Crippen LogP contribution in [0.5, 0.6) is 0 Å². The van der Waals surface area contributed by atoms with Crippen molar-refractivity contribution in [1.29, 1.82) is 0 Å². The van der Waals surface area contributed by atoms with Crippen LogP contribution in [-0.2, 0) is 0 Å². The fourth-order valence-corrected chi connectivity index (χ4v) is 1.82. The summed E-state index contributed by atoms with van der Waals surface area (Å²) in [6, 6.07) is 0.964. The van der Waals surface area contributed by atoms with Crippen LogP contribution in [0.2, 0.25) is 0 Å². The molecule has 1 fully saturated rings. The van der Waals surface area contributed by atoms with E-state index in [0.717, 1.165) is 39.8 Å². The van der Waals surface area contributed by atoms with Gasteiger partial charge >= 0.3 is 0 Å². The maximum absolute atomic E-state index is 3.50. The van der Waals surface area contributed by atoms with Gasteiger partial charge in [-0.1, -0.05) is 0 Å². The fourth-order valence-electron chi connectivity index (χ4n) is 1.82. The van der Waals surface area contributed by atoms with E-state index >= 15 is 0 Å². The highest BCUT2D eigenvalue weighted by Crippen LogP contribution is 1.86. The zero-order valence-corrected chi connectivity index (χ0v) is 12.3. The molecular weight excluding hydrogens is 228 g/mol. The Kier molecular flexibility index (Phi) is 7.73. The molecule has 1 aliphatic rings. The summed E-state index contributed by atoms with van der Waals surface area (Å²) >= 11 is 0. The molecule has 1 heterocycles. The van der Waals surface area contributed by atoms with Crippen molar-refractivity contribution in [2.45, 2.75) is 25.9 Å². The molecule has 1 saturated heterocycles. The van der Waals surface area contributed by atoms with Gasteiger partial charge in [0.15, 0.2) is 0 Å². The number of nitrogens with one attached hydrogen (secondary N) is 4. The van der Waals surface area contributed by atoms with Gasteiger partial charge in [-0.25, -0.2) is 0 Å². The number of hydrogen-bond donors (Lipinski definition) is 4. The third-order valence-electron chi connectivity index (χ3n) is 3.08. The van der Waals surface area contributed by atoms with Gasteiger partial charge in [0.25, 0.3) is 0 Å². The predicted molar refractivity (Wildman–Crippen MR) is 76.2 cm³/mol. The lowest BCUT2D eigenvalue weighted by atomic mass is 10.3. The Morgan fingerprint density at radius 3 is 1.50 bits per heavy atom. The molecule has 0 bridgehead atoms. The first-order chi connectivity index (χ1) is 8.58. The molecule has 108 valence electrons. The van der Waals surface area contributed by atoms with E-state index < -0.39 is 0 Å². The van der Waals surface area contributed by atoms with E-state index in [4.69, 9.17) is 0 Å². The van der Waals surface area contributed by atoms with Gasteiger partial charge < -0.3 is 21.3 Å². The molecule has 0 aromatic heterocycles. The summed E-state index contributed by atoms with van der Waals surface area (Å²) in [4.78, 5) is 4.50. The maximum Gasteiger partial charge on any atom is 0.0491 e. The Labute approximate surface area is 111 Å². The van der Waals surface area contributed by atoms with Crippen molar-refractivity contribution in [2.75, 3.05) is 53.9 Å². The SMILES string of the molecule is C[C@@H]1CNCN(C)CN[C@@H](C)CNCN(C)CN1. The summed E-state index contributed by atoms with van der Waals surface area (Å²) in [7, 11) is 4.25. The van der Waals surface area contributed by atoms with E-state index in [2.05, 4.69) is 59.0 Å². The highest BCUT2D eigenvalue weighted by atomic mass is 15.3. The van der Waals surface area contributed by atoms with Crippen LogP contribution in [0.1, 0.15) is 13.8 Å². The lowest BCUT2D eigenvalue weighted by Crippen LogP contribution is -2.50. The summed E-state index contributed by atoms with van der Waals surface area (Å²) in [5, 5.41) is 13.9. The molecule has 0 unspecified atom stereocenters. The molecule has 6 heteroatoms. The molecule has 2 atom stereocenters. The molecule has 6 nitrogen and oxygen atoms in total. The van der Waals surface area contributed by atoms with Crippen LogP contribution in [0, 0.1) is 0 Å². The second kappa shape index (κ2) is 8.79. The molecule has 1 rings (SSSR count). The van der Waals surface area contributed by atoms with Crippen molar-refractivity contribution in [2.24, 2.45) is 0 Å². The molecule has 0 spiro atoms. The van der Waals surface area contributed by atoms with Gasteiger partial charge in [0.05, 0.1) is 0 Å². The van der Waals surface area contributed by atoms with Crippen molar-refractivity contribution in [1.82, 2.24) is 31.1 Å². The molecule has 18 heavy (non-hydrogen) atoms. The molecule has 0 radical (unpaired) electrons. The van der Waals surface area contributed by atoms with Gasteiger partial charge in [0.1, 0.15) is 0 Å². The largest absolute Gasteiger partial charge is 0.303 e. The fraction of sp³-hybridized carbons (Fsp3) is 1.00. The minimum absolute atomic E-state index is 0.482.